The molecule has 15 heavy (non-hydrogen) atoms. The summed E-state index contributed by atoms with van der Waals surface area (Å²) in [6.45, 7) is 0.852. The molecule has 1 heterocycles. The van der Waals surface area contributed by atoms with Crippen molar-refractivity contribution in [2.75, 3.05) is 6.54 Å². The molecule has 1 fully saturated rings. The lowest BCUT2D eigenvalue weighted by molar-refractivity contribution is 0.242. The van der Waals surface area contributed by atoms with Gasteiger partial charge in [0.25, 0.3) is 0 Å². The largest absolute Gasteiger partial charge is 0.330 e. The third kappa shape index (κ3) is 2.78. The summed E-state index contributed by atoms with van der Waals surface area (Å²) in [4.78, 5) is 4.17. The highest BCUT2D eigenvalue weighted by Gasteiger charge is 2.23. The van der Waals surface area contributed by atoms with E-state index in [1.54, 1.807) is 0 Å². The predicted octanol–water partition coefficient (Wildman–Crippen LogP) is 2.39. The van der Waals surface area contributed by atoms with Crippen molar-refractivity contribution in [3.63, 3.8) is 0 Å². The van der Waals surface area contributed by atoms with E-state index in [1.807, 2.05) is 18.5 Å². The van der Waals surface area contributed by atoms with E-state index in [1.165, 1.54) is 31.2 Å². The van der Waals surface area contributed by atoms with E-state index in [9.17, 15) is 0 Å². The first-order valence-corrected chi connectivity index (χ1v) is 5.99. The van der Waals surface area contributed by atoms with Crippen LogP contribution in [0.2, 0.25) is 0 Å². The standard InChI is InChI=1S/C13H20N2/c14-9-13-6-2-1-5-12(13)8-11-4-3-7-15-10-11/h3-4,7,10,12-13H,1-2,5-6,8-9,14H2. The molecule has 1 aliphatic carbocycles. The molecule has 2 N–H and O–H groups in total. The highest BCUT2D eigenvalue weighted by molar-refractivity contribution is 5.09. The molecule has 2 atom stereocenters. The zero-order valence-electron chi connectivity index (χ0n) is 9.23. The second-order valence-corrected chi connectivity index (χ2v) is 4.61. The summed E-state index contributed by atoms with van der Waals surface area (Å²) in [5, 5.41) is 0. The van der Waals surface area contributed by atoms with E-state index in [0.717, 1.165) is 24.8 Å². The van der Waals surface area contributed by atoms with Crippen molar-refractivity contribution in [1.29, 1.82) is 0 Å². The molecular weight excluding hydrogens is 184 g/mol. The Labute approximate surface area is 91.9 Å². The quantitative estimate of drug-likeness (QED) is 0.821. The van der Waals surface area contributed by atoms with Gasteiger partial charge in [-0.3, -0.25) is 4.98 Å². The Morgan fingerprint density at radius 3 is 2.73 bits per heavy atom. The van der Waals surface area contributed by atoms with Crippen LogP contribution in [-0.2, 0) is 6.42 Å². The SMILES string of the molecule is NCC1CCCCC1Cc1cccnc1. The third-order valence-electron chi connectivity index (χ3n) is 3.59. The maximum Gasteiger partial charge on any atom is 0.0299 e. The fraction of sp³-hybridized carbons (Fsp3) is 0.615. The highest BCUT2D eigenvalue weighted by atomic mass is 14.6. The minimum absolute atomic E-state index is 0.735. The minimum atomic E-state index is 0.735. The van der Waals surface area contributed by atoms with Crippen LogP contribution in [0.15, 0.2) is 24.5 Å². The Bertz CT molecular complexity index is 284. The van der Waals surface area contributed by atoms with Gasteiger partial charge in [0.15, 0.2) is 0 Å². The molecule has 0 aliphatic heterocycles. The molecule has 2 nitrogen and oxygen atoms in total. The highest BCUT2D eigenvalue weighted by Crippen LogP contribution is 2.31. The van der Waals surface area contributed by atoms with Crippen molar-refractivity contribution in [3.05, 3.63) is 30.1 Å². The molecular formula is C13H20N2. The summed E-state index contributed by atoms with van der Waals surface area (Å²) in [5.74, 6) is 1.52. The Morgan fingerprint density at radius 2 is 2.07 bits per heavy atom. The number of pyridine rings is 1. The van der Waals surface area contributed by atoms with Crippen molar-refractivity contribution in [1.82, 2.24) is 4.98 Å². The van der Waals surface area contributed by atoms with Crippen molar-refractivity contribution in [2.24, 2.45) is 17.6 Å². The van der Waals surface area contributed by atoms with Gasteiger partial charge in [-0.2, -0.15) is 0 Å². The molecule has 1 aromatic heterocycles. The van der Waals surface area contributed by atoms with Crippen molar-refractivity contribution >= 4 is 0 Å². The van der Waals surface area contributed by atoms with E-state index in [2.05, 4.69) is 11.1 Å². The molecule has 1 aromatic rings. The van der Waals surface area contributed by atoms with Crippen LogP contribution in [0.25, 0.3) is 0 Å². The Morgan fingerprint density at radius 1 is 1.27 bits per heavy atom. The van der Waals surface area contributed by atoms with Gasteiger partial charge in [0, 0.05) is 12.4 Å². The molecule has 1 aliphatic rings. The first-order chi connectivity index (χ1) is 7.40. The molecule has 0 amide bonds. The molecule has 2 rings (SSSR count). The zero-order valence-corrected chi connectivity index (χ0v) is 9.23. The van der Waals surface area contributed by atoms with Crippen LogP contribution in [-0.4, -0.2) is 11.5 Å². The number of nitrogens with zero attached hydrogens (tertiary/aromatic N) is 1. The number of rotatable bonds is 3. The minimum Gasteiger partial charge on any atom is -0.330 e. The molecule has 0 radical (unpaired) electrons. The van der Waals surface area contributed by atoms with Crippen LogP contribution in [0, 0.1) is 11.8 Å². The second-order valence-electron chi connectivity index (χ2n) is 4.61. The van der Waals surface area contributed by atoms with Gasteiger partial charge in [0.05, 0.1) is 0 Å². The number of aromatic nitrogens is 1. The Kier molecular flexibility index (Phi) is 3.73. The summed E-state index contributed by atoms with van der Waals surface area (Å²) in [6.07, 6.45) is 10.4. The molecule has 0 saturated heterocycles. The summed E-state index contributed by atoms with van der Waals surface area (Å²) in [6, 6.07) is 4.20. The lowest BCUT2D eigenvalue weighted by atomic mass is 9.76. The predicted molar refractivity (Wildman–Crippen MR) is 62.4 cm³/mol. The van der Waals surface area contributed by atoms with Gasteiger partial charge in [0.1, 0.15) is 0 Å². The van der Waals surface area contributed by atoms with Gasteiger partial charge in [-0.15, -0.1) is 0 Å². The summed E-state index contributed by atoms with van der Waals surface area (Å²) >= 11 is 0. The van der Waals surface area contributed by atoms with Gasteiger partial charge in [-0.1, -0.05) is 18.9 Å². The molecule has 82 valence electrons. The maximum absolute atomic E-state index is 5.83. The first kappa shape index (κ1) is 10.6. The van der Waals surface area contributed by atoms with Crippen LogP contribution < -0.4 is 5.73 Å². The van der Waals surface area contributed by atoms with Crippen LogP contribution in [0.3, 0.4) is 0 Å². The van der Waals surface area contributed by atoms with Crippen LogP contribution >= 0.6 is 0 Å². The van der Waals surface area contributed by atoms with Crippen molar-refractivity contribution in [2.45, 2.75) is 32.1 Å². The van der Waals surface area contributed by atoms with E-state index in [0.29, 0.717) is 0 Å². The summed E-state index contributed by atoms with van der Waals surface area (Å²) < 4.78 is 0. The second kappa shape index (κ2) is 5.26. The molecule has 2 unspecified atom stereocenters. The van der Waals surface area contributed by atoms with Crippen molar-refractivity contribution in [3.8, 4) is 0 Å². The van der Waals surface area contributed by atoms with Crippen LogP contribution in [0.4, 0.5) is 0 Å². The summed E-state index contributed by atoms with van der Waals surface area (Å²) in [7, 11) is 0. The average Bonchev–Trinajstić information content (AvgIpc) is 2.31. The van der Waals surface area contributed by atoms with Gasteiger partial charge in [-0.25, -0.2) is 0 Å². The molecule has 0 aromatic carbocycles. The smallest absolute Gasteiger partial charge is 0.0299 e. The van der Waals surface area contributed by atoms with Gasteiger partial charge < -0.3 is 5.73 Å². The Balaban J connectivity index is 1.97. The van der Waals surface area contributed by atoms with E-state index >= 15 is 0 Å². The average molecular weight is 204 g/mol. The van der Waals surface area contributed by atoms with Gasteiger partial charge >= 0.3 is 0 Å². The number of hydrogen-bond donors (Lipinski definition) is 1. The first-order valence-electron chi connectivity index (χ1n) is 5.99. The summed E-state index contributed by atoms with van der Waals surface area (Å²) in [5.41, 5.74) is 7.20. The monoisotopic (exact) mass is 204 g/mol. The lowest BCUT2D eigenvalue weighted by Gasteiger charge is -2.30. The van der Waals surface area contributed by atoms with Gasteiger partial charge in [0.2, 0.25) is 0 Å². The zero-order chi connectivity index (χ0) is 10.5. The molecule has 1 saturated carbocycles. The maximum atomic E-state index is 5.83. The fourth-order valence-corrected chi connectivity index (χ4v) is 2.69. The third-order valence-corrected chi connectivity index (χ3v) is 3.59. The van der Waals surface area contributed by atoms with E-state index in [-0.39, 0.29) is 0 Å². The normalized spacial score (nSPS) is 26.5. The molecule has 0 bridgehead atoms. The number of nitrogens with two attached hydrogens (primary N) is 1. The van der Waals surface area contributed by atoms with E-state index in [4.69, 9.17) is 5.73 Å². The van der Waals surface area contributed by atoms with Crippen LogP contribution in [0.5, 0.6) is 0 Å². The molecule has 2 heteroatoms. The van der Waals surface area contributed by atoms with Crippen molar-refractivity contribution < 1.29 is 0 Å². The lowest BCUT2D eigenvalue weighted by Crippen LogP contribution is -2.28. The fourth-order valence-electron chi connectivity index (χ4n) is 2.69. The molecule has 0 spiro atoms. The Hall–Kier alpha value is -0.890. The number of hydrogen-bond acceptors (Lipinski definition) is 2. The topological polar surface area (TPSA) is 38.9 Å². The van der Waals surface area contributed by atoms with E-state index < -0.39 is 0 Å². The van der Waals surface area contributed by atoms with Gasteiger partial charge in [-0.05, 0) is 49.3 Å². The van der Waals surface area contributed by atoms with Crippen LogP contribution in [0.1, 0.15) is 31.2 Å².